The normalized spacial score (nSPS) is 13.1. The lowest BCUT2D eigenvalue weighted by molar-refractivity contribution is -0.139. The summed E-state index contributed by atoms with van der Waals surface area (Å²) < 4.78 is 45.6. The first-order chi connectivity index (χ1) is 11.3. The minimum absolute atomic E-state index is 0.115. The minimum atomic E-state index is -4.46. The average molecular weight is 337 g/mol. The molecule has 0 bridgehead atoms. The van der Waals surface area contributed by atoms with Gasteiger partial charge in [0, 0.05) is 12.4 Å². The molecule has 0 spiro atoms. The standard InChI is InChI=1S/C19H22F3NO/c1-13(2)10-14(3)12-24-18-5-4-16(11-17(18)19(20,21)22)15-6-8-23-9-7-15/h4-9,11,13-14H,10,12H2,1-3H3. The molecule has 5 heteroatoms. The number of ether oxygens (including phenoxy) is 1. The fraction of sp³-hybridized carbons (Fsp3) is 0.421. The summed E-state index contributed by atoms with van der Waals surface area (Å²) in [7, 11) is 0. The monoisotopic (exact) mass is 337 g/mol. The fourth-order valence-corrected chi connectivity index (χ4v) is 2.71. The van der Waals surface area contributed by atoms with Crippen molar-refractivity contribution in [1.82, 2.24) is 4.98 Å². The predicted octanol–water partition coefficient (Wildman–Crippen LogP) is 5.83. The van der Waals surface area contributed by atoms with E-state index in [9.17, 15) is 13.2 Å². The van der Waals surface area contributed by atoms with Gasteiger partial charge in [-0.2, -0.15) is 13.2 Å². The lowest BCUT2D eigenvalue weighted by atomic mass is 9.99. The Morgan fingerprint density at radius 1 is 1.00 bits per heavy atom. The molecule has 2 rings (SSSR count). The van der Waals surface area contributed by atoms with Crippen LogP contribution < -0.4 is 4.74 Å². The van der Waals surface area contributed by atoms with E-state index in [-0.39, 0.29) is 18.3 Å². The highest BCUT2D eigenvalue weighted by Gasteiger charge is 2.35. The predicted molar refractivity (Wildman–Crippen MR) is 88.8 cm³/mol. The molecular weight excluding hydrogens is 315 g/mol. The number of hydrogen-bond donors (Lipinski definition) is 0. The number of nitrogens with zero attached hydrogens (tertiary/aromatic N) is 1. The molecule has 0 fully saturated rings. The van der Waals surface area contributed by atoms with Crippen LogP contribution in [-0.2, 0) is 6.18 Å². The number of hydrogen-bond acceptors (Lipinski definition) is 2. The molecule has 0 N–H and O–H groups in total. The molecule has 0 amide bonds. The molecule has 1 unspecified atom stereocenters. The quantitative estimate of drug-likeness (QED) is 0.662. The molecule has 1 heterocycles. The summed E-state index contributed by atoms with van der Waals surface area (Å²) in [6.45, 7) is 6.43. The van der Waals surface area contributed by atoms with E-state index < -0.39 is 11.7 Å². The number of aromatic nitrogens is 1. The van der Waals surface area contributed by atoms with Crippen molar-refractivity contribution in [2.75, 3.05) is 6.61 Å². The summed E-state index contributed by atoms with van der Waals surface area (Å²) in [4.78, 5) is 3.89. The molecular formula is C19H22F3NO. The van der Waals surface area contributed by atoms with Crippen molar-refractivity contribution in [2.45, 2.75) is 33.4 Å². The smallest absolute Gasteiger partial charge is 0.419 e. The Balaban J connectivity index is 2.25. The Bertz CT molecular complexity index is 653. The van der Waals surface area contributed by atoms with Crippen LogP contribution in [0, 0.1) is 11.8 Å². The molecule has 1 atom stereocenters. The summed E-state index contributed by atoms with van der Waals surface area (Å²) >= 11 is 0. The van der Waals surface area contributed by atoms with E-state index in [1.54, 1.807) is 30.6 Å². The first-order valence-corrected chi connectivity index (χ1v) is 8.01. The fourth-order valence-electron chi connectivity index (χ4n) is 2.71. The third kappa shape index (κ3) is 4.98. The lowest BCUT2D eigenvalue weighted by Crippen LogP contribution is -2.14. The van der Waals surface area contributed by atoms with Crippen LogP contribution in [0.25, 0.3) is 11.1 Å². The summed E-state index contributed by atoms with van der Waals surface area (Å²) in [5.74, 6) is 0.571. The van der Waals surface area contributed by atoms with E-state index >= 15 is 0 Å². The zero-order valence-electron chi connectivity index (χ0n) is 14.1. The van der Waals surface area contributed by atoms with Crippen LogP contribution in [0.2, 0.25) is 0 Å². The van der Waals surface area contributed by atoms with Crippen molar-refractivity contribution < 1.29 is 17.9 Å². The van der Waals surface area contributed by atoms with Crippen LogP contribution in [-0.4, -0.2) is 11.6 Å². The molecule has 2 aromatic rings. The van der Waals surface area contributed by atoms with Crippen LogP contribution in [0.15, 0.2) is 42.7 Å². The van der Waals surface area contributed by atoms with E-state index in [0.717, 1.165) is 12.5 Å². The van der Waals surface area contributed by atoms with Crippen molar-refractivity contribution in [3.63, 3.8) is 0 Å². The van der Waals surface area contributed by atoms with Crippen molar-refractivity contribution in [2.24, 2.45) is 11.8 Å². The maximum Gasteiger partial charge on any atom is 0.419 e. The van der Waals surface area contributed by atoms with Gasteiger partial charge >= 0.3 is 6.18 Å². The highest BCUT2D eigenvalue weighted by molar-refractivity contribution is 5.65. The summed E-state index contributed by atoms with van der Waals surface area (Å²) in [5, 5.41) is 0. The maximum atomic E-state index is 13.4. The Hall–Kier alpha value is -2.04. The third-order valence-electron chi connectivity index (χ3n) is 3.70. The molecule has 0 aliphatic carbocycles. The van der Waals surface area contributed by atoms with Crippen molar-refractivity contribution in [3.05, 3.63) is 48.3 Å². The average Bonchev–Trinajstić information content (AvgIpc) is 2.52. The molecule has 0 saturated heterocycles. The number of rotatable bonds is 6. The van der Waals surface area contributed by atoms with Gasteiger partial charge in [0.2, 0.25) is 0 Å². The number of alkyl halides is 3. The molecule has 1 aromatic heterocycles. The van der Waals surface area contributed by atoms with Gasteiger partial charge < -0.3 is 4.74 Å². The van der Waals surface area contributed by atoms with E-state index in [1.165, 1.54) is 6.07 Å². The maximum absolute atomic E-state index is 13.4. The minimum Gasteiger partial charge on any atom is -0.493 e. The first-order valence-electron chi connectivity index (χ1n) is 8.01. The molecule has 0 aliphatic heterocycles. The molecule has 130 valence electrons. The second kappa shape index (κ2) is 7.69. The van der Waals surface area contributed by atoms with Gasteiger partial charge in [-0.1, -0.05) is 26.8 Å². The second-order valence-corrected chi connectivity index (χ2v) is 6.49. The van der Waals surface area contributed by atoms with E-state index in [1.807, 2.05) is 6.92 Å². The summed E-state index contributed by atoms with van der Waals surface area (Å²) in [6.07, 6.45) is -0.433. The summed E-state index contributed by atoms with van der Waals surface area (Å²) in [6, 6.07) is 7.55. The van der Waals surface area contributed by atoms with Gasteiger partial charge in [-0.05, 0) is 53.6 Å². The summed E-state index contributed by atoms with van der Waals surface area (Å²) in [5.41, 5.74) is 0.441. The number of halogens is 3. The van der Waals surface area contributed by atoms with E-state index in [4.69, 9.17) is 4.74 Å². The van der Waals surface area contributed by atoms with Crippen molar-refractivity contribution in [1.29, 1.82) is 0 Å². The number of pyridine rings is 1. The zero-order valence-corrected chi connectivity index (χ0v) is 14.1. The van der Waals surface area contributed by atoms with Crippen LogP contribution in [0.5, 0.6) is 5.75 Å². The first kappa shape index (κ1) is 18.3. The largest absolute Gasteiger partial charge is 0.493 e. The van der Waals surface area contributed by atoms with Crippen molar-refractivity contribution in [3.8, 4) is 16.9 Å². The van der Waals surface area contributed by atoms with Gasteiger partial charge in [0.1, 0.15) is 5.75 Å². The van der Waals surface area contributed by atoms with Gasteiger partial charge in [-0.3, -0.25) is 4.98 Å². The molecule has 1 aromatic carbocycles. The van der Waals surface area contributed by atoms with Gasteiger partial charge in [0.15, 0.2) is 0 Å². The molecule has 0 aliphatic rings. The molecule has 0 radical (unpaired) electrons. The lowest BCUT2D eigenvalue weighted by Gasteiger charge is -2.19. The molecule has 24 heavy (non-hydrogen) atoms. The number of benzene rings is 1. The topological polar surface area (TPSA) is 22.1 Å². The van der Waals surface area contributed by atoms with Crippen LogP contribution in [0.3, 0.4) is 0 Å². The van der Waals surface area contributed by atoms with Crippen molar-refractivity contribution >= 4 is 0 Å². The Labute approximate surface area is 140 Å². The Kier molecular flexibility index (Phi) is 5.86. The Morgan fingerprint density at radius 3 is 2.25 bits per heavy atom. The second-order valence-electron chi connectivity index (χ2n) is 6.49. The van der Waals surface area contributed by atoms with Crippen LogP contribution in [0.4, 0.5) is 13.2 Å². The van der Waals surface area contributed by atoms with Gasteiger partial charge in [0.25, 0.3) is 0 Å². The highest BCUT2D eigenvalue weighted by Crippen LogP contribution is 2.39. The van der Waals surface area contributed by atoms with Gasteiger partial charge in [0.05, 0.1) is 12.2 Å². The third-order valence-corrected chi connectivity index (χ3v) is 3.70. The SMILES string of the molecule is CC(C)CC(C)COc1ccc(-c2ccncc2)cc1C(F)(F)F. The molecule has 0 saturated carbocycles. The van der Waals surface area contributed by atoms with Crippen LogP contribution >= 0.6 is 0 Å². The van der Waals surface area contributed by atoms with Gasteiger partial charge in [-0.15, -0.1) is 0 Å². The van der Waals surface area contributed by atoms with E-state index in [2.05, 4.69) is 18.8 Å². The van der Waals surface area contributed by atoms with E-state index in [0.29, 0.717) is 17.0 Å². The van der Waals surface area contributed by atoms with Gasteiger partial charge in [-0.25, -0.2) is 0 Å². The van der Waals surface area contributed by atoms with Crippen LogP contribution in [0.1, 0.15) is 32.8 Å². The molecule has 2 nitrogen and oxygen atoms in total. The zero-order chi connectivity index (χ0) is 17.7. The Morgan fingerprint density at radius 2 is 1.67 bits per heavy atom. The highest BCUT2D eigenvalue weighted by atomic mass is 19.4.